The molecule has 39 heavy (non-hydrogen) atoms. The first-order valence-corrected chi connectivity index (χ1v) is 13.9. The van der Waals surface area contributed by atoms with Gasteiger partial charge in [-0.1, -0.05) is 35.5 Å². The van der Waals surface area contributed by atoms with Crippen molar-refractivity contribution in [2.24, 2.45) is 10.7 Å². The summed E-state index contributed by atoms with van der Waals surface area (Å²) in [6.45, 7) is 6.03. The van der Waals surface area contributed by atoms with Crippen molar-refractivity contribution in [3.8, 4) is 17.2 Å². The van der Waals surface area contributed by atoms with Crippen LogP contribution in [0, 0.1) is 0 Å². The summed E-state index contributed by atoms with van der Waals surface area (Å²) >= 11 is 7.67. The summed E-state index contributed by atoms with van der Waals surface area (Å²) in [5.41, 5.74) is 9.88. The smallest absolute Gasteiger partial charge is 0.322 e. The topological polar surface area (TPSA) is 97.3 Å². The number of para-hydroxylation sites is 1. The van der Waals surface area contributed by atoms with Crippen molar-refractivity contribution in [2.75, 3.05) is 27.4 Å². The second kappa shape index (κ2) is 12.4. The summed E-state index contributed by atoms with van der Waals surface area (Å²) in [4.78, 5) is 16.8. The number of methoxy groups -OCH3 is 2. The van der Waals surface area contributed by atoms with Gasteiger partial charge in [0, 0.05) is 28.9 Å². The molecule has 0 bridgehead atoms. The number of fused-ring (bicyclic) bond motifs is 3. The molecule has 1 aromatic heterocycles. The van der Waals surface area contributed by atoms with E-state index < -0.39 is 10.9 Å². The molecule has 4 rings (SSSR count). The van der Waals surface area contributed by atoms with Gasteiger partial charge in [0.15, 0.2) is 16.7 Å². The van der Waals surface area contributed by atoms with E-state index in [0.29, 0.717) is 41.3 Å². The Kier molecular flexibility index (Phi) is 9.15. The fourth-order valence-electron chi connectivity index (χ4n) is 4.65. The summed E-state index contributed by atoms with van der Waals surface area (Å²) in [7, 11) is 3.23. The van der Waals surface area contributed by atoms with E-state index in [-0.39, 0.29) is 12.1 Å². The van der Waals surface area contributed by atoms with Crippen LogP contribution in [0.4, 0.5) is 0 Å². The molecule has 1 aliphatic heterocycles. The SMILES string of the molecule is CCOC(=O)C(C)(C)SC(N)=NCC[C@H]1O[C@H](c2cccc(OC)c2OC)c2cc(Cl)ccc2-n2cccc21. The lowest BCUT2D eigenvalue weighted by molar-refractivity contribution is -0.145. The molecule has 2 heterocycles. The van der Waals surface area contributed by atoms with Crippen LogP contribution in [-0.2, 0) is 14.3 Å². The number of carbonyl (C=O) groups excluding carboxylic acids is 1. The van der Waals surface area contributed by atoms with Crippen LogP contribution < -0.4 is 15.2 Å². The normalized spacial score (nSPS) is 17.1. The largest absolute Gasteiger partial charge is 0.493 e. The molecule has 2 N–H and O–H groups in total. The molecule has 208 valence electrons. The number of nitrogens with zero attached hydrogens (tertiary/aromatic N) is 2. The van der Waals surface area contributed by atoms with Gasteiger partial charge in [0.25, 0.3) is 0 Å². The number of aromatic nitrogens is 1. The number of hydrogen-bond donors (Lipinski definition) is 1. The summed E-state index contributed by atoms with van der Waals surface area (Å²) in [5.74, 6) is 0.881. The number of esters is 1. The van der Waals surface area contributed by atoms with E-state index in [2.05, 4.69) is 9.56 Å². The lowest BCUT2D eigenvalue weighted by Crippen LogP contribution is -2.33. The maximum absolute atomic E-state index is 12.3. The van der Waals surface area contributed by atoms with Crippen molar-refractivity contribution in [1.29, 1.82) is 0 Å². The van der Waals surface area contributed by atoms with E-state index in [4.69, 9.17) is 36.3 Å². The third-order valence-corrected chi connectivity index (χ3v) is 7.69. The van der Waals surface area contributed by atoms with Gasteiger partial charge in [-0.25, -0.2) is 0 Å². The minimum atomic E-state index is -0.841. The fourth-order valence-corrected chi connectivity index (χ4v) is 5.65. The van der Waals surface area contributed by atoms with Crippen LogP contribution in [0.1, 0.15) is 56.2 Å². The maximum Gasteiger partial charge on any atom is 0.322 e. The van der Waals surface area contributed by atoms with E-state index in [1.165, 1.54) is 11.8 Å². The Balaban J connectivity index is 1.67. The van der Waals surface area contributed by atoms with Crippen LogP contribution in [0.5, 0.6) is 11.5 Å². The summed E-state index contributed by atoms with van der Waals surface area (Å²) in [6, 6.07) is 15.6. The standard InChI is InChI=1S/C29H34ClN3O5S/c1-6-37-27(34)29(2,3)39-28(31)32-15-14-23-22-10-8-16-33(22)21-13-12-18(30)17-20(21)25(38-23)19-9-7-11-24(35-4)26(19)36-5/h7-13,16-17,23,25H,6,14-15H2,1-5H3,(H2,31,32)/t23-,25-/m1/s1. The Bertz CT molecular complexity index is 1360. The highest BCUT2D eigenvalue weighted by Gasteiger charge is 2.34. The van der Waals surface area contributed by atoms with E-state index in [1.807, 2.05) is 54.7 Å². The zero-order valence-electron chi connectivity index (χ0n) is 22.8. The Morgan fingerprint density at radius 1 is 1.15 bits per heavy atom. The Hall–Kier alpha value is -3.14. The van der Waals surface area contributed by atoms with Crippen LogP contribution in [0.2, 0.25) is 5.02 Å². The van der Waals surface area contributed by atoms with Crippen LogP contribution >= 0.6 is 23.4 Å². The van der Waals surface area contributed by atoms with Gasteiger partial charge in [-0.05, 0) is 63.6 Å². The van der Waals surface area contributed by atoms with Crippen LogP contribution in [0.25, 0.3) is 5.69 Å². The van der Waals surface area contributed by atoms with E-state index in [0.717, 1.165) is 22.5 Å². The second-order valence-corrected chi connectivity index (χ2v) is 11.5. The highest BCUT2D eigenvalue weighted by Crippen LogP contribution is 2.46. The van der Waals surface area contributed by atoms with E-state index in [9.17, 15) is 4.79 Å². The molecule has 0 spiro atoms. The molecule has 1 aliphatic rings. The number of ether oxygens (including phenoxy) is 4. The van der Waals surface area contributed by atoms with Gasteiger partial charge in [-0.3, -0.25) is 9.79 Å². The third kappa shape index (κ3) is 6.21. The minimum absolute atomic E-state index is 0.311. The number of hydrogen-bond acceptors (Lipinski definition) is 7. The van der Waals surface area contributed by atoms with Crippen molar-refractivity contribution in [3.05, 3.63) is 76.6 Å². The first-order chi connectivity index (χ1) is 18.7. The molecule has 2 aromatic carbocycles. The predicted octanol–water partition coefficient (Wildman–Crippen LogP) is 6.09. The second-order valence-electron chi connectivity index (χ2n) is 9.44. The number of thioether (sulfide) groups is 1. The quantitative estimate of drug-likeness (QED) is 0.188. The van der Waals surface area contributed by atoms with Crippen molar-refractivity contribution in [1.82, 2.24) is 4.57 Å². The lowest BCUT2D eigenvalue weighted by atomic mass is 9.98. The summed E-state index contributed by atoms with van der Waals surface area (Å²) in [5, 5.41) is 0.924. The van der Waals surface area contributed by atoms with Crippen molar-refractivity contribution < 1.29 is 23.7 Å². The monoisotopic (exact) mass is 571 g/mol. The minimum Gasteiger partial charge on any atom is -0.493 e. The number of nitrogens with two attached hydrogens (primary N) is 1. The van der Waals surface area contributed by atoms with Gasteiger partial charge >= 0.3 is 5.97 Å². The van der Waals surface area contributed by atoms with Gasteiger partial charge in [-0.15, -0.1) is 0 Å². The Morgan fingerprint density at radius 3 is 2.67 bits per heavy atom. The van der Waals surface area contributed by atoms with Crippen LogP contribution in [0.3, 0.4) is 0 Å². The van der Waals surface area contributed by atoms with Gasteiger partial charge in [-0.2, -0.15) is 0 Å². The molecule has 0 amide bonds. The zero-order valence-corrected chi connectivity index (χ0v) is 24.3. The summed E-state index contributed by atoms with van der Waals surface area (Å²) < 4.78 is 24.6. The lowest BCUT2D eigenvalue weighted by Gasteiger charge is -2.25. The Morgan fingerprint density at radius 2 is 1.95 bits per heavy atom. The average Bonchev–Trinajstić information content (AvgIpc) is 3.35. The van der Waals surface area contributed by atoms with Crippen molar-refractivity contribution >= 4 is 34.5 Å². The van der Waals surface area contributed by atoms with Crippen LogP contribution in [0.15, 0.2) is 59.7 Å². The van der Waals surface area contributed by atoms with E-state index >= 15 is 0 Å². The molecular formula is C29H34ClN3O5S. The van der Waals surface area contributed by atoms with Crippen molar-refractivity contribution in [2.45, 2.75) is 44.1 Å². The third-order valence-electron chi connectivity index (χ3n) is 6.44. The molecule has 0 saturated heterocycles. The Labute approximate surface area is 238 Å². The highest BCUT2D eigenvalue weighted by molar-refractivity contribution is 8.15. The first kappa shape index (κ1) is 28.9. The summed E-state index contributed by atoms with van der Waals surface area (Å²) in [6.07, 6.45) is 1.74. The first-order valence-electron chi connectivity index (χ1n) is 12.7. The molecule has 0 fully saturated rings. The molecule has 3 aromatic rings. The van der Waals surface area contributed by atoms with E-state index in [1.54, 1.807) is 35.0 Å². The number of benzene rings is 2. The number of amidine groups is 1. The van der Waals surface area contributed by atoms with Crippen LogP contribution in [-0.4, -0.2) is 47.8 Å². The number of carbonyl (C=O) groups is 1. The molecule has 2 atom stereocenters. The number of halogens is 1. The van der Waals surface area contributed by atoms with Gasteiger partial charge in [0.1, 0.15) is 17.0 Å². The predicted molar refractivity (Wildman–Crippen MR) is 155 cm³/mol. The highest BCUT2D eigenvalue weighted by atomic mass is 35.5. The molecule has 0 saturated carbocycles. The zero-order chi connectivity index (χ0) is 28.2. The fraction of sp³-hybridized carbons (Fsp3) is 0.379. The number of aliphatic imine (C=N–C) groups is 1. The maximum atomic E-state index is 12.3. The molecule has 10 heteroatoms. The van der Waals surface area contributed by atoms with Gasteiger partial charge < -0.3 is 29.2 Å². The molecular weight excluding hydrogens is 538 g/mol. The molecule has 8 nitrogen and oxygen atoms in total. The van der Waals surface area contributed by atoms with Gasteiger partial charge in [0.05, 0.1) is 32.2 Å². The number of rotatable bonds is 9. The molecule has 0 aliphatic carbocycles. The molecule has 0 radical (unpaired) electrons. The van der Waals surface area contributed by atoms with Gasteiger partial charge in [0.2, 0.25) is 0 Å². The average molecular weight is 572 g/mol. The van der Waals surface area contributed by atoms with Crippen molar-refractivity contribution in [3.63, 3.8) is 0 Å². The molecule has 0 unspecified atom stereocenters.